The standard InChI is InChI=1S/C11H20N4O/c1-3-4-13-11-14-7-10(8-15-11)6-12-5-9(2)16/h7-9,12,16H,3-6H2,1-2H3,(H,13,14,15). The fourth-order valence-corrected chi connectivity index (χ4v) is 1.20. The van der Waals surface area contributed by atoms with Crippen molar-refractivity contribution in [2.45, 2.75) is 32.9 Å². The van der Waals surface area contributed by atoms with Crippen molar-refractivity contribution in [3.05, 3.63) is 18.0 Å². The number of anilines is 1. The second-order valence-electron chi connectivity index (χ2n) is 3.82. The van der Waals surface area contributed by atoms with Gasteiger partial charge in [-0.1, -0.05) is 6.92 Å². The molecule has 0 saturated heterocycles. The van der Waals surface area contributed by atoms with Crippen LogP contribution in [0, 0.1) is 0 Å². The Labute approximate surface area is 96.3 Å². The van der Waals surface area contributed by atoms with E-state index in [1.165, 1.54) is 0 Å². The van der Waals surface area contributed by atoms with Gasteiger partial charge in [0.25, 0.3) is 0 Å². The Morgan fingerprint density at radius 1 is 1.38 bits per heavy atom. The van der Waals surface area contributed by atoms with E-state index < -0.39 is 0 Å². The zero-order valence-electron chi connectivity index (χ0n) is 9.90. The lowest BCUT2D eigenvalue weighted by Gasteiger charge is -2.07. The van der Waals surface area contributed by atoms with Gasteiger partial charge in [-0.2, -0.15) is 0 Å². The molecular weight excluding hydrogens is 204 g/mol. The summed E-state index contributed by atoms with van der Waals surface area (Å²) in [6.45, 7) is 6.00. The summed E-state index contributed by atoms with van der Waals surface area (Å²) < 4.78 is 0. The molecule has 90 valence electrons. The Hall–Kier alpha value is -1.20. The van der Waals surface area contributed by atoms with Crippen LogP contribution in [0.5, 0.6) is 0 Å². The molecule has 0 radical (unpaired) electrons. The fraction of sp³-hybridized carbons (Fsp3) is 0.636. The summed E-state index contributed by atoms with van der Waals surface area (Å²) >= 11 is 0. The lowest BCUT2D eigenvalue weighted by molar-refractivity contribution is 0.191. The van der Waals surface area contributed by atoms with E-state index >= 15 is 0 Å². The van der Waals surface area contributed by atoms with E-state index in [9.17, 15) is 0 Å². The van der Waals surface area contributed by atoms with Crippen LogP contribution >= 0.6 is 0 Å². The second kappa shape index (κ2) is 7.14. The number of hydrogen-bond donors (Lipinski definition) is 3. The molecule has 1 aromatic heterocycles. The first-order chi connectivity index (χ1) is 7.72. The normalized spacial score (nSPS) is 12.4. The Morgan fingerprint density at radius 2 is 2.06 bits per heavy atom. The van der Waals surface area contributed by atoms with Crippen LogP contribution in [0.1, 0.15) is 25.8 Å². The zero-order chi connectivity index (χ0) is 11.8. The molecule has 1 aromatic rings. The smallest absolute Gasteiger partial charge is 0.222 e. The highest BCUT2D eigenvalue weighted by atomic mass is 16.3. The molecule has 0 amide bonds. The molecule has 0 aliphatic rings. The second-order valence-corrected chi connectivity index (χ2v) is 3.82. The molecule has 0 saturated carbocycles. The maximum absolute atomic E-state index is 9.07. The van der Waals surface area contributed by atoms with E-state index in [1.54, 1.807) is 19.3 Å². The minimum atomic E-state index is -0.327. The summed E-state index contributed by atoms with van der Waals surface area (Å²) in [6.07, 6.45) is 4.31. The van der Waals surface area contributed by atoms with Gasteiger partial charge in [0.15, 0.2) is 0 Å². The fourth-order valence-electron chi connectivity index (χ4n) is 1.20. The van der Waals surface area contributed by atoms with E-state index in [4.69, 9.17) is 5.11 Å². The first-order valence-corrected chi connectivity index (χ1v) is 5.66. The number of aromatic nitrogens is 2. The molecule has 5 heteroatoms. The van der Waals surface area contributed by atoms with E-state index in [2.05, 4.69) is 27.5 Å². The zero-order valence-corrected chi connectivity index (χ0v) is 9.90. The molecule has 1 atom stereocenters. The molecule has 5 nitrogen and oxygen atoms in total. The summed E-state index contributed by atoms with van der Waals surface area (Å²) in [5.41, 5.74) is 1.02. The van der Waals surface area contributed by atoms with E-state index in [0.717, 1.165) is 18.5 Å². The number of nitrogens with zero attached hydrogens (tertiary/aromatic N) is 2. The van der Waals surface area contributed by atoms with Crippen LogP contribution in [-0.2, 0) is 6.54 Å². The summed E-state index contributed by atoms with van der Waals surface area (Å²) in [4.78, 5) is 8.38. The molecule has 1 unspecified atom stereocenters. The van der Waals surface area contributed by atoms with Gasteiger partial charge in [0.1, 0.15) is 0 Å². The predicted octanol–water partition coefficient (Wildman–Crippen LogP) is 0.769. The van der Waals surface area contributed by atoms with Crippen molar-refractivity contribution >= 4 is 5.95 Å². The maximum atomic E-state index is 9.07. The third-order valence-corrected chi connectivity index (χ3v) is 2.01. The van der Waals surface area contributed by atoms with E-state index in [0.29, 0.717) is 19.0 Å². The number of rotatable bonds is 7. The minimum Gasteiger partial charge on any atom is -0.392 e. The largest absolute Gasteiger partial charge is 0.392 e. The topological polar surface area (TPSA) is 70.1 Å². The van der Waals surface area contributed by atoms with Crippen LogP contribution in [0.4, 0.5) is 5.95 Å². The van der Waals surface area contributed by atoms with Crippen molar-refractivity contribution in [3.63, 3.8) is 0 Å². The van der Waals surface area contributed by atoms with Gasteiger partial charge in [0.2, 0.25) is 5.95 Å². The molecule has 0 fully saturated rings. The van der Waals surface area contributed by atoms with Gasteiger partial charge in [-0.25, -0.2) is 9.97 Å². The van der Waals surface area contributed by atoms with Crippen LogP contribution in [0.3, 0.4) is 0 Å². The highest BCUT2D eigenvalue weighted by molar-refractivity contribution is 5.24. The molecule has 1 rings (SSSR count). The van der Waals surface area contributed by atoms with E-state index in [1.807, 2.05) is 0 Å². The Kier molecular flexibility index (Phi) is 5.74. The predicted molar refractivity (Wildman–Crippen MR) is 64.2 cm³/mol. The highest BCUT2D eigenvalue weighted by Crippen LogP contribution is 2.00. The highest BCUT2D eigenvalue weighted by Gasteiger charge is 1.98. The number of aliphatic hydroxyl groups excluding tert-OH is 1. The maximum Gasteiger partial charge on any atom is 0.222 e. The van der Waals surface area contributed by atoms with Crippen LogP contribution in [-0.4, -0.2) is 34.3 Å². The van der Waals surface area contributed by atoms with Crippen LogP contribution < -0.4 is 10.6 Å². The molecule has 3 N–H and O–H groups in total. The Balaban J connectivity index is 2.33. The average Bonchev–Trinajstić information content (AvgIpc) is 2.27. The van der Waals surface area contributed by atoms with Gasteiger partial charge in [-0.05, 0) is 13.3 Å². The van der Waals surface area contributed by atoms with Crippen molar-refractivity contribution in [1.82, 2.24) is 15.3 Å². The monoisotopic (exact) mass is 224 g/mol. The van der Waals surface area contributed by atoms with Crippen molar-refractivity contribution in [2.75, 3.05) is 18.4 Å². The van der Waals surface area contributed by atoms with E-state index in [-0.39, 0.29) is 6.10 Å². The van der Waals surface area contributed by atoms with Gasteiger partial charge < -0.3 is 15.7 Å². The molecule has 1 heterocycles. The van der Waals surface area contributed by atoms with Gasteiger partial charge in [-0.3, -0.25) is 0 Å². The minimum absolute atomic E-state index is 0.327. The number of aliphatic hydroxyl groups is 1. The average molecular weight is 224 g/mol. The third kappa shape index (κ3) is 5.04. The van der Waals surface area contributed by atoms with Crippen LogP contribution in [0.25, 0.3) is 0 Å². The van der Waals surface area contributed by atoms with Crippen molar-refractivity contribution in [1.29, 1.82) is 0 Å². The molecule has 0 spiro atoms. The van der Waals surface area contributed by atoms with Crippen molar-refractivity contribution in [2.24, 2.45) is 0 Å². The summed E-state index contributed by atoms with van der Waals surface area (Å²) in [7, 11) is 0. The van der Waals surface area contributed by atoms with Crippen LogP contribution in [0.2, 0.25) is 0 Å². The molecule has 0 aliphatic heterocycles. The lowest BCUT2D eigenvalue weighted by Crippen LogP contribution is -2.24. The lowest BCUT2D eigenvalue weighted by atomic mass is 10.3. The summed E-state index contributed by atoms with van der Waals surface area (Å²) in [5, 5.41) is 15.3. The van der Waals surface area contributed by atoms with Crippen molar-refractivity contribution < 1.29 is 5.11 Å². The van der Waals surface area contributed by atoms with Gasteiger partial charge >= 0.3 is 0 Å². The first-order valence-electron chi connectivity index (χ1n) is 5.66. The molecule has 0 aromatic carbocycles. The third-order valence-electron chi connectivity index (χ3n) is 2.01. The SMILES string of the molecule is CCCNc1ncc(CNCC(C)O)cn1. The molecular formula is C11H20N4O. The summed E-state index contributed by atoms with van der Waals surface area (Å²) in [6, 6.07) is 0. The van der Waals surface area contributed by atoms with Gasteiger partial charge in [-0.15, -0.1) is 0 Å². The Bertz CT molecular complexity index is 287. The van der Waals surface area contributed by atoms with Gasteiger partial charge in [0, 0.05) is 37.6 Å². The summed E-state index contributed by atoms with van der Waals surface area (Å²) in [5.74, 6) is 0.668. The first kappa shape index (κ1) is 12.9. The number of nitrogens with one attached hydrogen (secondary N) is 2. The van der Waals surface area contributed by atoms with Crippen molar-refractivity contribution in [3.8, 4) is 0 Å². The quantitative estimate of drug-likeness (QED) is 0.638. The Morgan fingerprint density at radius 3 is 2.62 bits per heavy atom. The van der Waals surface area contributed by atoms with Crippen LogP contribution in [0.15, 0.2) is 12.4 Å². The molecule has 0 bridgehead atoms. The molecule has 0 aliphatic carbocycles. The van der Waals surface area contributed by atoms with Gasteiger partial charge in [0.05, 0.1) is 6.10 Å². The molecule has 16 heavy (non-hydrogen) atoms. The number of hydrogen-bond acceptors (Lipinski definition) is 5.